The molecule has 0 saturated heterocycles. The van der Waals surface area contributed by atoms with Gasteiger partial charge in [-0.05, 0) is 136 Å². The lowest BCUT2D eigenvalue weighted by atomic mass is 10.1. The van der Waals surface area contributed by atoms with Crippen molar-refractivity contribution in [1.29, 1.82) is 0 Å². The molecule has 0 amide bonds. The van der Waals surface area contributed by atoms with Crippen LogP contribution in [0.4, 0.5) is 0 Å². The van der Waals surface area contributed by atoms with E-state index in [9.17, 15) is 9.59 Å². The number of rotatable bonds is 12. The van der Waals surface area contributed by atoms with E-state index < -0.39 is 0 Å². The number of carbonyl (C=O) groups is 2. The van der Waals surface area contributed by atoms with Crippen molar-refractivity contribution in [3.05, 3.63) is 169 Å². The third kappa shape index (κ3) is 9.08. The van der Waals surface area contributed by atoms with Gasteiger partial charge in [-0.2, -0.15) is 0 Å². The fraction of sp³-hybridized carbons (Fsp3) is 0.0698. The lowest BCUT2D eigenvalue weighted by Gasteiger charge is -2.11. The monoisotopic (exact) mass is 711 g/mol. The van der Waals surface area contributed by atoms with Crippen molar-refractivity contribution in [2.45, 2.75) is 64.8 Å². The maximum absolute atomic E-state index is 11.7. The minimum atomic E-state index is -0.316. The summed E-state index contributed by atoms with van der Waals surface area (Å²) in [6, 6.07) is 50.8. The Hall–Kier alpha value is -4.20. The average molecular weight is 712 g/mol. The zero-order chi connectivity index (χ0) is 34.3. The molecule has 2 nitrogen and oxygen atoms in total. The van der Waals surface area contributed by atoms with E-state index in [1.807, 2.05) is 55.5 Å². The highest BCUT2D eigenvalue weighted by molar-refractivity contribution is 8.00. The highest BCUT2D eigenvalue weighted by Gasteiger charge is 2.29. The third-order valence-corrected chi connectivity index (χ3v) is 13.0. The first-order chi connectivity index (χ1) is 23.7. The van der Waals surface area contributed by atoms with E-state index in [0.29, 0.717) is 0 Å². The molecule has 0 heterocycles. The largest absolute Gasteiger partial charge is 0.295 e. The summed E-state index contributed by atoms with van der Waals surface area (Å²) < 4.78 is 0. The first-order valence-electron chi connectivity index (χ1n) is 15.8. The maximum atomic E-state index is 11.7. The van der Waals surface area contributed by atoms with Crippen LogP contribution in [-0.4, -0.2) is 11.6 Å². The summed E-state index contributed by atoms with van der Waals surface area (Å²) in [6.45, 7) is 9.26. The molecular weight excluding hydrogens is 677 g/mol. The molecule has 0 saturated carbocycles. The molecule has 6 aromatic rings. The second-order valence-corrected chi connectivity index (χ2v) is 17.0. The van der Waals surface area contributed by atoms with Crippen molar-refractivity contribution in [1.82, 2.24) is 0 Å². The molecule has 242 valence electrons. The van der Waals surface area contributed by atoms with Gasteiger partial charge >= 0.3 is 0 Å². The second kappa shape index (κ2) is 16.0. The molecule has 0 spiro atoms. The van der Waals surface area contributed by atoms with Crippen LogP contribution in [-0.2, 0) is 10.9 Å². The van der Waals surface area contributed by atoms with E-state index in [1.54, 1.807) is 49.1 Å². The van der Waals surface area contributed by atoms with Crippen molar-refractivity contribution in [2.75, 3.05) is 0 Å². The van der Waals surface area contributed by atoms with Crippen LogP contribution in [0.3, 0.4) is 0 Å². The Morgan fingerprint density at radius 1 is 0.388 bits per heavy atom. The molecule has 0 radical (unpaired) electrons. The smallest absolute Gasteiger partial charge is 0.166 e. The summed E-state index contributed by atoms with van der Waals surface area (Å²) in [7, 11) is -0.316. The fourth-order valence-corrected chi connectivity index (χ4v) is 9.56. The predicted molar refractivity (Wildman–Crippen MR) is 208 cm³/mol. The topological polar surface area (TPSA) is 34.1 Å². The van der Waals surface area contributed by atoms with E-state index in [2.05, 4.69) is 104 Å². The Morgan fingerprint density at radius 3 is 0.837 bits per heavy atom. The molecule has 0 aromatic heterocycles. The van der Waals surface area contributed by atoms with Gasteiger partial charge in [-0.1, -0.05) is 83.8 Å². The van der Waals surface area contributed by atoms with E-state index in [4.69, 9.17) is 0 Å². The lowest BCUT2D eigenvalue weighted by Crippen LogP contribution is -2.04. The van der Waals surface area contributed by atoms with Crippen molar-refractivity contribution in [2.24, 2.45) is 0 Å². The van der Waals surface area contributed by atoms with Crippen LogP contribution in [0.15, 0.2) is 196 Å². The van der Waals surface area contributed by atoms with E-state index in [0.717, 1.165) is 41.8 Å². The van der Waals surface area contributed by atoms with Crippen molar-refractivity contribution >= 4 is 63.3 Å². The molecule has 49 heavy (non-hydrogen) atoms. The van der Waals surface area contributed by atoms with Gasteiger partial charge in [0.2, 0.25) is 0 Å². The van der Waals surface area contributed by atoms with Crippen LogP contribution in [0.1, 0.15) is 47.1 Å². The Morgan fingerprint density at radius 2 is 0.612 bits per heavy atom. The molecule has 6 rings (SSSR count). The van der Waals surface area contributed by atoms with Crippen LogP contribution in [0, 0.1) is 0 Å². The van der Waals surface area contributed by atoms with E-state index in [-0.39, 0.29) is 22.5 Å². The van der Waals surface area contributed by atoms with Crippen LogP contribution in [0.5, 0.6) is 0 Å². The van der Waals surface area contributed by atoms with Gasteiger partial charge in [0.25, 0.3) is 0 Å². The molecule has 0 unspecified atom stereocenters. The maximum Gasteiger partial charge on any atom is 0.166 e. The van der Waals surface area contributed by atoms with Crippen LogP contribution in [0.25, 0.3) is 5.57 Å². The number of hydrogen-bond donors (Lipinski definition) is 0. The molecule has 0 aliphatic carbocycles. The second-order valence-electron chi connectivity index (χ2n) is 11.5. The van der Waals surface area contributed by atoms with E-state index in [1.165, 1.54) is 24.5 Å². The van der Waals surface area contributed by atoms with Crippen LogP contribution < -0.4 is 0 Å². The molecule has 6 aromatic carbocycles. The molecular formula is C43H35O2S4+. The van der Waals surface area contributed by atoms with Gasteiger partial charge in [-0.3, -0.25) is 9.59 Å². The number of carbonyl (C=O) groups excluding carboxylic acids is 2. The first kappa shape index (κ1) is 34.7. The highest BCUT2D eigenvalue weighted by Crippen LogP contribution is 2.37. The normalized spacial score (nSPS) is 11.0. The summed E-state index contributed by atoms with van der Waals surface area (Å²) in [5.41, 5.74) is 3.68. The van der Waals surface area contributed by atoms with Crippen molar-refractivity contribution < 1.29 is 9.59 Å². The highest BCUT2D eigenvalue weighted by atomic mass is 32.2. The predicted octanol–water partition coefficient (Wildman–Crippen LogP) is 12.7. The average Bonchev–Trinajstić information content (AvgIpc) is 3.11. The van der Waals surface area contributed by atoms with E-state index >= 15 is 0 Å². The number of ketones is 2. The minimum absolute atomic E-state index is 0.0757. The molecule has 0 fully saturated rings. The van der Waals surface area contributed by atoms with Gasteiger partial charge in [-0.15, -0.1) is 0 Å². The summed E-state index contributed by atoms with van der Waals surface area (Å²) in [5.74, 6) is 0.151. The Kier molecular flexibility index (Phi) is 11.3. The van der Waals surface area contributed by atoms with Gasteiger partial charge in [-0.25, -0.2) is 0 Å². The summed E-state index contributed by atoms with van der Waals surface area (Å²) in [4.78, 5) is 34.0. The van der Waals surface area contributed by atoms with Crippen molar-refractivity contribution in [3.63, 3.8) is 0 Å². The number of hydrogen-bond acceptors (Lipinski definition) is 5. The molecule has 6 heteroatoms. The SMILES string of the molecule is C=C(C)c1ccc(Sc2ccc([S+](c3ccc(Sc4ccc(C(C)=O)cc4)cc3)c3ccc(Sc4ccc(C(C)=O)cc4)cc3)cc2)cc1. The minimum Gasteiger partial charge on any atom is -0.295 e. The van der Waals surface area contributed by atoms with Gasteiger partial charge in [0.15, 0.2) is 26.3 Å². The standard InChI is InChI=1S/C43H35O2S4/c1-29(2)32-5-11-35(12-6-32)46-38-17-23-41(24-18-38)49(42-25-19-39(20-26-42)47-36-13-7-33(8-14-36)30(3)44)43-27-21-40(22-28-43)48-37-15-9-34(10-16-37)31(4)45/h5-28H,1H2,2-4H3/q+1. The molecule has 0 aliphatic heterocycles. The molecule has 0 bridgehead atoms. The van der Waals surface area contributed by atoms with Gasteiger partial charge in [0.1, 0.15) is 0 Å². The van der Waals surface area contributed by atoms with Crippen LogP contribution in [0.2, 0.25) is 0 Å². The van der Waals surface area contributed by atoms with Gasteiger partial charge in [0, 0.05) is 40.5 Å². The number of Topliss-reactive ketones (excluding diaryl/α,β-unsaturated/α-hetero) is 2. The van der Waals surface area contributed by atoms with Crippen LogP contribution >= 0.6 is 35.3 Å². The van der Waals surface area contributed by atoms with Crippen molar-refractivity contribution in [3.8, 4) is 0 Å². The first-order valence-corrected chi connectivity index (χ1v) is 19.5. The Labute approximate surface area is 304 Å². The Balaban J connectivity index is 1.25. The number of allylic oxidation sites excluding steroid dienone is 1. The zero-order valence-corrected chi connectivity index (χ0v) is 30.8. The fourth-order valence-electron chi connectivity index (χ4n) is 5.07. The summed E-state index contributed by atoms with van der Waals surface area (Å²) in [6.07, 6.45) is 0. The van der Waals surface area contributed by atoms with Gasteiger partial charge < -0.3 is 0 Å². The molecule has 0 atom stereocenters. The summed E-state index contributed by atoms with van der Waals surface area (Å²) >= 11 is 5.15. The quantitative estimate of drug-likeness (QED) is 0.0932. The lowest BCUT2D eigenvalue weighted by molar-refractivity contribution is 0.100. The van der Waals surface area contributed by atoms with Gasteiger partial charge in [0.05, 0.1) is 10.9 Å². The third-order valence-electron chi connectivity index (χ3n) is 7.75. The molecule has 0 aliphatic rings. The Bertz CT molecular complexity index is 1820. The molecule has 0 N–H and O–H groups in total. The summed E-state index contributed by atoms with van der Waals surface area (Å²) in [5, 5.41) is 0. The zero-order valence-electron chi connectivity index (χ0n) is 27.5. The number of benzene rings is 6.